The predicted molar refractivity (Wildman–Crippen MR) is 298 cm³/mol. The maximum atomic E-state index is 2.35. The fourth-order valence-electron chi connectivity index (χ4n) is 9.81. The summed E-state index contributed by atoms with van der Waals surface area (Å²) in [7, 11) is 0. The summed E-state index contributed by atoms with van der Waals surface area (Å²) in [5.41, 5.74) is 18.5. The van der Waals surface area contributed by atoms with Crippen LogP contribution in [0, 0.1) is 0 Å². The molecular formula is C68H48N2. The maximum Gasteiger partial charge on any atom is 0.0462 e. The summed E-state index contributed by atoms with van der Waals surface area (Å²) in [5, 5.41) is 4.99. The van der Waals surface area contributed by atoms with Gasteiger partial charge in [-0.15, -0.1) is 0 Å². The molecule has 0 saturated heterocycles. The molecule has 0 aromatic heterocycles. The molecule has 12 aromatic carbocycles. The molecule has 0 fully saturated rings. The number of benzene rings is 12. The minimum absolute atomic E-state index is 1.09. The van der Waals surface area contributed by atoms with E-state index in [4.69, 9.17) is 0 Å². The molecule has 0 saturated carbocycles. The van der Waals surface area contributed by atoms with Crippen molar-refractivity contribution in [3.8, 4) is 55.6 Å². The first kappa shape index (κ1) is 42.1. The van der Waals surface area contributed by atoms with Crippen LogP contribution in [0.1, 0.15) is 0 Å². The third-order valence-electron chi connectivity index (χ3n) is 13.5. The number of hydrogen-bond acceptors (Lipinski definition) is 2. The Morgan fingerprint density at radius 1 is 0.171 bits per heavy atom. The lowest BCUT2D eigenvalue weighted by Gasteiger charge is -2.27. The van der Waals surface area contributed by atoms with Crippen LogP contribution in [0.5, 0.6) is 0 Å². The van der Waals surface area contributed by atoms with Gasteiger partial charge in [-0.25, -0.2) is 0 Å². The van der Waals surface area contributed by atoms with Gasteiger partial charge < -0.3 is 9.80 Å². The van der Waals surface area contributed by atoms with E-state index in [-0.39, 0.29) is 0 Å². The van der Waals surface area contributed by atoms with E-state index in [1.54, 1.807) is 0 Å². The molecule has 0 radical (unpaired) electrons. The van der Waals surface area contributed by atoms with Crippen molar-refractivity contribution in [3.05, 3.63) is 291 Å². The van der Waals surface area contributed by atoms with E-state index in [0.29, 0.717) is 0 Å². The van der Waals surface area contributed by atoms with Crippen molar-refractivity contribution >= 4 is 55.7 Å². The lowest BCUT2D eigenvalue weighted by atomic mass is 9.98. The Bertz CT molecular complexity index is 3690. The summed E-state index contributed by atoms with van der Waals surface area (Å²) >= 11 is 0. The smallest absolute Gasteiger partial charge is 0.0462 e. The van der Waals surface area contributed by atoms with E-state index in [2.05, 4.69) is 301 Å². The summed E-state index contributed by atoms with van der Waals surface area (Å²) in [6, 6.07) is 105. The van der Waals surface area contributed by atoms with Crippen molar-refractivity contribution < 1.29 is 0 Å². The lowest BCUT2D eigenvalue weighted by Crippen LogP contribution is -2.10. The molecule has 12 rings (SSSR count). The van der Waals surface area contributed by atoms with E-state index < -0.39 is 0 Å². The molecule has 2 heteroatoms. The molecule has 70 heavy (non-hydrogen) atoms. The molecule has 0 amide bonds. The van der Waals surface area contributed by atoms with E-state index in [0.717, 1.165) is 45.3 Å². The largest absolute Gasteiger partial charge is 0.311 e. The highest BCUT2D eigenvalue weighted by atomic mass is 15.1. The first-order chi connectivity index (χ1) is 34.7. The van der Waals surface area contributed by atoms with Gasteiger partial charge in [0, 0.05) is 34.1 Å². The van der Waals surface area contributed by atoms with Crippen LogP contribution in [-0.4, -0.2) is 0 Å². The third-order valence-corrected chi connectivity index (χ3v) is 13.5. The van der Waals surface area contributed by atoms with E-state index >= 15 is 0 Å². The Kier molecular flexibility index (Phi) is 11.3. The number of anilines is 6. The van der Waals surface area contributed by atoms with Crippen LogP contribution < -0.4 is 9.80 Å². The number of nitrogens with zero attached hydrogens (tertiary/aromatic N) is 2. The highest BCUT2D eigenvalue weighted by Crippen LogP contribution is 2.41. The fourth-order valence-corrected chi connectivity index (χ4v) is 9.81. The quantitative estimate of drug-likeness (QED) is 0.128. The first-order valence-electron chi connectivity index (χ1n) is 24.0. The average molecular weight is 893 g/mol. The molecule has 12 aromatic rings. The Labute approximate surface area is 410 Å². The first-order valence-corrected chi connectivity index (χ1v) is 24.0. The van der Waals surface area contributed by atoms with Crippen LogP contribution >= 0.6 is 0 Å². The summed E-state index contributed by atoms with van der Waals surface area (Å²) in [5.74, 6) is 0. The van der Waals surface area contributed by atoms with Crippen LogP contribution in [0.4, 0.5) is 34.1 Å². The van der Waals surface area contributed by atoms with Gasteiger partial charge in [-0.2, -0.15) is 0 Å². The predicted octanol–water partition coefficient (Wildman–Crippen LogP) is 19.3. The molecule has 330 valence electrons. The number of hydrogen-bond donors (Lipinski definition) is 0. The molecule has 0 heterocycles. The molecule has 2 nitrogen and oxygen atoms in total. The van der Waals surface area contributed by atoms with Gasteiger partial charge in [-0.05, 0) is 156 Å². The van der Waals surface area contributed by atoms with Crippen molar-refractivity contribution in [1.29, 1.82) is 0 Å². The van der Waals surface area contributed by atoms with E-state index in [1.807, 2.05) is 0 Å². The fraction of sp³-hybridized carbons (Fsp3) is 0. The van der Waals surface area contributed by atoms with Crippen LogP contribution in [0.3, 0.4) is 0 Å². The molecule has 0 N–H and O–H groups in total. The zero-order valence-electron chi connectivity index (χ0n) is 38.6. The van der Waals surface area contributed by atoms with Gasteiger partial charge in [0.05, 0.1) is 0 Å². The Balaban J connectivity index is 0.862. The van der Waals surface area contributed by atoms with Gasteiger partial charge >= 0.3 is 0 Å². The molecule has 0 aliphatic heterocycles. The normalized spacial score (nSPS) is 11.1. The summed E-state index contributed by atoms with van der Waals surface area (Å²) in [6.07, 6.45) is 0. The topological polar surface area (TPSA) is 6.48 Å². The van der Waals surface area contributed by atoms with Gasteiger partial charge in [0.15, 0.2) is 0 Å². The maximum absolute atomic E-state index is 2.35. The van der Waals surface area contributed by atoms with E-state index in [1.165, 1.54) is 66.1 Å². The van der Waals surface area contributed by atoms with Crippen molar-refractivity contribution in [2.24, 2.45) is 0 Å². The Morgan fingerprint density at radius 2 is 0.471 bits per heavy atom. The van der Waals surface area contributed by atoms with E-state index in [9.17, 15) is 0 Å². The van der Waals surface area contributed by atoms with Gasteiger partial charge in [-0.1, -0.05) is 212 Å². The summed E-state index contributed by atoms with van der Waals surface area (Å²) in [4.78, 5) is 4.69. The minimum Gasteiger partial charge on any atom is -0.311 e. The number of fused-ring (bicyclic) bond motifs is 2. The van der Waals surface area contributed by atoms with Gasteiger partial charge in [-0.3, -0.25) is 0 Å². The summed E-state index contributed by atoms with van der Waals surface area (Å²) in [6.45, 7) is 0. The monoisotopic (exact) mass is 892 g/mol. The molecule has 0 aliphatic rings. The van der Waals surface area contributed by atoms with Gasteiger partial charge in [0.2, 0.25) is 0 Å². The molecular weight excluding hydrogens is 845 g/mol. The van der Waals surface area contributed by atoms with Crippen molar-refractivity contribution in [3.63, 3.8) is 0 Å². The second-order valence-corrected chi connectivity index (χ2v) is 17.8. The molecule has 0 spiro atoms. The molecule has 0 unspecified atom stereocenters. The second-order valence-electron chi connectivity index (χ2n) is 17.8. The van der Waals surface area contributed by atoms with Gasteiger partial charge in [0.25, 0.3) is 0 Å². The second kappa shape index (κ2) is 18.8. The van der Waals surface area contributed by atoms with Crippen LogP contribution in [-0.2, 0) is 0 Å². The average Bonchev–Trinajstić information content (AvgIpc) is 3.44. The number of rotatable bonds is 11. The molecule has 0 aliphatic carbocycles. The van der Waals surface area contributed by atoms with Crippen molar-refractivity contribution in [1.82, 2.24) is 0 Å². The van der Waals surface area contributed by atoms with Gasteiger partial charge in [0.1, 0.15) is 0 Å². The van der Waals surface area contributed by atoms with Crippen molar-refractivity contribution in [2.45, 2.75) is 0 Å². The SMILES string of the molecule is c1ccc(-c2ccc(N(c3ccc(-c4ccc(N(c5ccc(-c6ccccc6)cc5)c5ccc(-c6cccc7ccccc67)cc5)cc4)cc3)c3ccc(-c4ccc5ccccc5c4)cc3)cc2)cc1. The zero-order valence-corrected chi connectivity index (χ0v) is 38.6. The highest BCUT2D eigenvalue weighted by Gasteiger charge is 2.17. The van der Waals surface area contributed by atoms with Crippen LogP contribution in [0.2, 0.25) is 0 Å². The molecule has 0 atom stereocenters. The lowest BCUT2D eigenvalue weighted by molar-refractivity contribution is 1.28. The Hall–Kier alpha value is -9.24. The third kappa shape index (κ3) is 8.51. The zero-order chi connectivity index (χ0) is 46.6. The standard InChI is InChI=1S/C68H48N2/c1-3-12-49(13-4-1)52-24-36-61(37-25-52)69(65-44-32-56(33-45-65)60-23-22-51-16-7-8-18-59(51)48-60)63-40-28-54(29-41-63)55-30-42-64(43-31-55)70(62-38-26-53(27-39-62)50-14-5-2-6-15-50)66-46-34-58(35-47-66)68-21-11-19-57-17-9-10-20-67(57)68/h1-48H. The highest BCUT2D eigenvalue weighted by molar-refractivity contribution is 5.97. The Morgan fingerprint density at radius 3 is 0.900 bits per heavy atom. The van der Waals surface area contributed by atoms with Crippen LogP contribution in [0.25, 0.3) is 77.2 Å². The van der Waals surface area contributed by atoms with Crippen molar-refractivity contribution in [2.75, 3.05) is 9.80 Å². The molecule has 0 bridgehead atoms. The summed E-state index contributed by atoms with van der Waals surface area (Å²) < 4.78 is 0. The van der Waals surface area contributed by atoms with Crippen LogP contribution in [0.15, 0.2) is 291 Å². The minimum atomic E-state index is 1.09.